The predicted octanol–water partition coefficient (Wildman–Crippen LogP) is 3.80. The highest BCUT2D eigenvalue weighted by atomic mass is 32.1. The largest absolute Gasteiger partial charge is 0.494 e. The van der Waals surface area contributed by atoms with Crippen LogP contribution in [-0.2, 0) is 4.79 Å². The Balaban J connectivity index is 1.71. The number of thiophene rings is 1. The molecule has 2 aromatic heterocycles. The zero-order valence-corrected chi connectivity index (χ0v) is 18.7. The van der Waals surface area contributed by atoms with Gasteiger partial charge in [0, 0.05) is 24.1 Å². The van der Waals surface area contributed by atoms with Crippen LogP contribution >= 0.6 is 11.3 Å². The van der Waals surface area contributed by atoms with Crippen molar-refractivity contribution in [2.24, 2.45) is 5.92 Å². The number of aromatic nitrogens is 1. The van der Waals surface area contributed by atoms with Gasteiger partial charge in [0.25, 0.3) is 11.8 Å². The molecule has 3 N–H and O–H groups in total. The van der Waals surface area contributed by atoms with Gasteiger partial charge in [-0.1, -0.05) is 19.9 Å². The number of nitrogens with one attached hydrogen (secondary N) is 3. The van der Waals surface area contributed by atoms with Crippen molar-refractivity contribution in [2.75, 3.05) is 17.7 Å². The monoisotopic (exact) mass is 452 g/mol. The summed E-state index contributed by atoms with van der Waals surface area (Å²) >= 11 is 1.31. The van der Waals surface area contributed by atoms with Crippen LogP contribution in [0.2, 0.25) is 0 Å². The van der Waals surface area contributed by atoms with Gasteiger partial charge in [0.2, 0.25) is 5.91 Å². The molecule has 1 atom stereocenters. The van der Waals surface area contributed by atoms with E-state index in [0.29, 0.717) is 27.6 Å². The third-order valence-electron chi connectivity index (χ3n) is 4.62. The van der Waals surface area contributed by atoms with E-state index in [1.54, 1.807) is 54.0 Å². The molecule has 8 nitrogen and oxygen atoms in total. The lowest BCUT2D eigenvalue weighted by atomic mass is 10.0. The summed E-state index contributed by atoms with van der Waals surface area (Å²) in [5, 5.41) is 10.2. The van der Waals surface area contributed by atoms with Crippen molar-refractivity contribution in [1.29, 1.82) is 0 Å². The third kappa shape index (κ3) is 5.70. The van der Waals surface area contributed by atoms with Crippen molar-refractivity contribution >= 4 is 40.4 Å². The lowest BCUT2D eigenvalue weighted by Crippen LogP contribution is -2.46. The van der Waals surface area contributed by atoms with Crippen LogP contribution in [0.4, 0.5) is 11.4 Å². The molecule has 2 heterocycles. The van der Waals surface area contributed by atoms with E-state index in [4.69, 9.17) is 4.74 Å². The van der Waals surface area contributed by atoms with Crippen LogP contribution < -0.4 is 20.7 Å². The zero-order valence-electron chi connectivity index (χ0n) is 17.9. The Labute approximate surface area is 190 Å². The van der Waals surface area contributed by atoms with Crippen molar-refractivity contribution in [3.63, 3.8) is 0 Å². The maximum Gasteiger partial charge on any atom is 0.262 e. The first kappa shape index (κ1) is 23.0. The van der Waals surface area contributed by atoms with E-state index in [0.717, 1.165) is 0 Å². The molecule has 0 radical (unpaired) electrons. The fourth-order valence-corrected chi connectivity index (χ4v) is 3.57. The molecule has 3 aromatic rings. The van der Waals surface area contributed by atoms with Gasteiger partial charge in [-0.2, -0.15) is 0 Å². The number of carbonyl (C=O) groups excluding carboxylic acids is 3. The maximum atomic E-state index is 12.9. The quantitative estimate of drug-likeness (QED) is 0.482. The second-order valence-corrected chi connectivity index (χ2v) is 8.22. The van der Waals surface area contributed by atoms with Gasteiger partial charge in [0.15, 0.2) is 0 Å². The van der Waals surface area contributed by atoms with E-state index < -0.39 is 6.04 Å². The second kappa shape index (κ2) is 10.5. The summed E-state index contributed by atoms with van der Waals surface area (Å²) in [5.41, 5.74) is 1.33. The zero-order chi connectivity index (χ0) is 23.1. The summed E-state index contributed by atoms with van der Waals surface area (Å²) in [7, 11) is 1.47. The molecule has 166 valence electrons. The SMILES string of the molecule is COc1cc(NC(=O)C(NC(=O)c2cccs2)C(C)C)ccc1NC(=O)c1cccnc1. The number of rotatable bonds is 8. The molecule has 1 aromatic carbocycles. The highest BCUT2D eigenvalue weighted by Gasteiger charge is 2.25. The molecule has 0 aliphatic heterocycles. The minimum absolute atomic E-state index is 0.126. The molecular formula is C23H24N4O4S. The lowest BCUT2D eigenvalue weighted by molar-refractivity contribution is -0.118. The average molecular weight is 453 g/mol. The van der Waals surface area contributed by atoms with Crippen molar-refractivity contribution in [3.8, 4) is 5.75 Å². The van der Waals surface area contributed by atoms with Crippen LogP contribution in [0.1, 0.15) is 33.9 Å². The summed E-state index contributed by atoms with van der Waals surface area (Å²) in [4.78, 5) is 42.1. The van der Waals surface area contributed by atoms with Crippen LogP contribution in [0.25, 0.3) is 0 Å². The Morgan fingerprint density at radius 2 is 1.84 bits per heavy atom. The summed E-state index contributed by atoms with van der Waals surface area (Å²) in [5.74, 6) is -0.717. The van der Waals surface area contributed by atoms with Crippen molar-refractivity contribution in [2.45, 2.75) is 19.9 Å². The molecule has 9 heteroatoms. The predicted molar refractivity (Wildman–Crippen MR) is 124 cm³/mol. The number of benzene rings is 1. The van der Waals surface area contributed by atoms with Gasteiger partial charge in [-0.25, -0.2) is 0 Å². The highest BCUT2D eigenvalue weighted by molar-refractivity contribution is 7.12. The van der Waals surface area contributed by atoms with E-state index in [-0.39, 0.29) is 23.6 Å². The fraction of sp³-hybridized carbons (Fsp3) is 0.217. The van der Waals surface area contributed by atoms with Crippen LogP contribution in [0.15, 0.2) is 60.2 Å². The molecule has 1 unspecified atom stereocenters. The van der Waals surface area contributed by atoms with Gasteiger partial charge in [-0.15, -0.1) is 11.3 Å². The normalized spacial score (nSPS) is 11.5. The Morgan fingerprint density at radius 1 is 1.03 bits per heavy atom. The van der Waals surface area contributed by atoms with E-state index in [2.05, 4.69) is 20.9 Å². The minimum atomic E-state index is -0.722. The molecule has 3 rings (SSSR count). The van der Waals surface area contributed by atoms with Crippen LogP contribution in [0, 0.1) is 5.92 Å². The Hall–Kier alpha value is -3.72. The minimum Gasteiger partial charge on any atom is -0.494 e. The summed E-state index contributed by atoms with van der Waals surface area (Å²) < 4.78 is 5.38. The number of pyridine rings is 1. The van der Waals surface area contributed by atoms with Gasteiger partial charge in [0.05, 0.1) is 23.2 Å². The first-order valence-electron chi connectivity index (χ1n) is 9.93. The van der Waals surface area contributed by atoms with Crippen LogP contribution in [0.5, 0.6) is 5.75 Å². The van der Waals surface area contributed by atoms with Crippen LogP contribution in [-0.4, -0.2) is 35.9 Å². The molecule has 0 saturated heterocycles. The number of ether oxygens (including phenoxy) is 1. The summed E-state index contributed by atoms with van der Waals surface area (Å²) in [6.07, 6.45) is 3.05. The molecule has 0 fully saturated rings. The molecule has 0 saturated carbocycles. The lowest BCUT2D eigenvalue weighted by Gasteiger charge is -2.22. The Morgan fingerprint density at radius 3 is 2.47 bits per heavy atom. The van der Waals surface area contributed by atoms with Crippen LogP contribution in [0.3, 0.4) is 0 Å². The number of methoxy groups -OCH3 is 1. The number of amides is 3. The smallest absolute Gasteiger partial charge is 0.262 e. The molecule has 32 heavy (non-hydrogen) atoms. The van der Waals surface area contributed by atoms with Gasteiger partial charge >= 0.3 is 0 Å². The van der Waals surface area contributed by atoms with Crippen molar-refractivity contribution in [1.82, 2.24) is 10.3 Å². The standard InChI is InChI=1S/C23H24N4O4S/c1-14(2)20(27-22(29)19-7-5-11-32-19)23(30)25-16-8-9-17(18(12-16)31-3)26-21(28)15-6-4-10-24-13-15/h4-14,20H,1-3H3,(H,25,30)(H,26,28)(H,27,29). The highest BCUT2D eigenvalue weighted by Crippen LogP contribution is 2.28. The van der Waals surface area contributed by atoms with E-state index in [9.17, 15) is 14.4 Å². The number of hydrogen-bond acceptors (Lipinski definition) is 6. The molecule has 0 bridgehead atoms. The number of anilines is 2. The average Bonchev–Trinajstić information content (AvgIpc) is 3.33. The topological polar surface area (TPSA) is 109 Å². The van der Waals surface area contributed by atoms with Gasteiger partial charge in [-0.05, 0) is 41.6 Å². The molecule has 0 aliphatic rings. The first-order valence-corrected chi connectivity index (χ1v) is 10.8. The fourth-order valence-electron chi connectivity index (χ4n) is 2.94. The summed E-state index contributed by atoms with van der Waals surface area (Å²) in [6.45, 7) is 3.72. The molecule has 0 aliphatic carbocycles. The van der Waals surface area contributed by atoms with Gasteiger partial charge in [0.1, 0.15) is 11.8 Å². The second-order valence-electron chi connectivity index (χ2n) is 7.27. The van der Waals surface area contributed by atoms with Gasteiger partial charge in [-0.3, -0.25) is 19.4 Å². The first-order chi connectivity index (χ1) is 15.4. The van der Waals surface area contributed by atoms with Gasteiger partial charge < -0.3 is 20.7 Å². The van der Waals surface area contributed by atoms with Crippen molar-refractivity contribution in [3.05, 3.63) is 70.7 Å². The van der Waals surface area contributed by atoms with E-state index in [1.807, 2.05) is 13.8 Å². The molecular weight excluding hydrogens is 428 g/mol. The Kier molecular flexibility index (Phi) is 7.56. The molecule has 3 amide bonds. The Bertz CT molecular complexity index is 1080. The van der Waals surface area contributed by atoms with Crippen molar-refractivity contribution < 1.29 is 19.1 Å². The number of hydrogen-bond donors (Lipinski definition) is 3. The van der Waals surface area contributed by atoms with E-state index in [1.165, 1.54) is 24.6 Å². The molecule has 0 spiro atoms. The van der Waals surface area contributed by atoms with E-state index >= 15 is 0 Å². The number of nitrogens with zero attached hydrogens (tertiary/aromatic N) is 1. The maximum absolute atomic E-state index is 12.9. The third-order valence-corrected chi connectivity index (χ3v) is 5.49. The summed E-state index contributed by atoms with van der Waals surface area (Å²) in [6, 6.07) is 11.0. The number of carbonyl (C=O) groups is 3.